The summed E-state index contributed by atoms with van der Waals surface area (Å²) in [5.41, 5.74) is 0.945. The van der Waals surface area contributed by atoms with Crippen molar-refractivity contribution in [2.45, 2.75) is 43.8 Å². The third-order valence-electron chi connectivity index (χ3n) is 3.56. The fraction of sp³-hybridized carbons (Fsp3) is 0.533. The molecule has 1 unspecified atom stereocenters. The number of rotatable bonds is 5. The van der Waals surface area contributed by atoms with Crippen molar-refractivity contribution in [2.75, 3.05) is 12.8 Å². The lowest BCUT2D eigenvalue weighted by atomic mass is 10.2. The number of nitrogens with zero attached hydrogens (tertiary/aromatic N) is 1. The van der Waals surface area contributed by atoms with Crippen molar-refractivity contribution >= 4 is 15.7 Å². The zero-order valence-corrected chi connectivity index (χ0v) is 13.5. The van der Waals surface area contributed by atoms with Crippen LogP contribution in [0, 0.1) is 0 Å². The Morgan fingerprint density at radius 3 is 2.43 bits per heavy atom. The molecule has 116 valence electrons. The third-order valence-corrected chi connectivity index (χ3v) is 4.69. The summed E-state index contributed by atoms with van der Waals surface area (Å²) in [5.74, 6) is 0.121. The molecular formula is C15H22N2O3S. The largest absolute Gasteiger partial charge is 0.337 e. The van der Waals surface area contributed by atoms with E-state index >= 15 is 0 Å². The molecule has 0 aliphatic carbocycles. The van der Waals surface area contributed by atoms with Gasteiger partial charge in [0.25, 0.3) is 0 Å². The fourth-order valence-electron chi connectivity index (χ4n) is 2.52. The van der Waals surface area contributed by atoms with Crippen molar-refractivity contribution in [3.05, 3.63) is 29.8 Å². The highest BCUT2D eigenvalue weighted by atomic mass is 32.2. The highest BCUT2D eigenvalue weighted by Gasteiger charge is 2.31. The molecule has 2 rings (SSSR count). The number of benzene rings is 1. The minimum Gasteiger partial charge on any atom is -0.337 e. The maximum Gasteiger partial charge on any atom is 0.240 e. The van der Waals surface area contributed by atoms with Crippen LogP contribution in [-0.4, -0.2) is 44.1 Å². The van der Waals surface area contributed by atoms with Crippen LogP contribution in [0.3, 0.4) is 0 Å². The summed E-state index contributed by atoms with van der Waals surface area (Å²) in [6.45, 7) is 5.32. The van der Waals surface area contributed by atoms with E-state index in [2.05, 4.69) is 5.32 Å². The van der Waals surface area contributed by atoms with Gasteiger partial charge in [-0.05, 0) is 24.1 Å². The summed E-state index contributed by atoms with van der Waals surface area (Å²) in [6.07, 6.45) is 2.01. The van der Waals surface area contributed by atoms with E-state index in [1.165, 1.54) is 6.26 Å². The molecule has 6 heteroatoms. The van der Waals surface area contributed by atoms with Gasteiger partial charge in [0.15, 0.2) is 9.84 Å². The fourth-order valence-corrected chi connectivity index (χ4v) is 3.15. The van der Waals surface area contributed by atoms with Gasteiger partial charge in [-0.3, -0.25) is 4.79 Å². The van der Waals surface area contributed by atoms with Gasteiger partial charge in [-0.25, -0.2) is 8.42 Å². The molecule has 0 spiro atoms. The van der Waals surface area contributed by atoms with Gasteiger partial charge in [-0.15, -0.1) is 0 Å². The van der Waals surface area contributed by atoms with Gasteiger partial charge in [0, 0.05) is 25.4 Å². The standard InChI is InChI=1S/C15H22N2O3S/c1-11(2)16-14-8-9-17(15(14)18)10-12-4-6-13(7-5-12)21(3,19)20/h4-7,11,14,16H,8-10H2,1-3H3. The van der Waals surface area contributed by atoms with E-state index in [0.717, 1.165) is 18.5 Å². The van der Waals surface area contributed by atoms with Crippen LogP contribution in [0.4, 0.5) is 0 Å². The Labute approximate surface area is 126 Å². The highest BCUT2D eigenvalue weighted by molar-refractivity contribution is 7.90. The van der Waals surface area contributed by atoms with Gasteiger partial charge in [-0.2, -0.15) is 0 Å². The van der Waals surface area contributed by atoms with Gasteiger partial charge in [0.1, 0.15) is 0 Å². The predicted molar refractivity (Wildman–Crippen MR) is 81.6 cm³/mol. The minimum atomic E-state index is -3.17. The number of hydrogen-bond acceptors (Lipinski definition) is 4. The molecule has 1 amide bonds. The number of amides is 1. The van der Waals surface area contributed by atoms with E-state index in [0.29, 0.717) is 11.4 Å². The van der Waals surface area contributed by atoms with Crippen molar-refractivity contribution in [3.63, 3.8) is 0 Å². The van der Waals surface area contributed by atoms with Crippen molar-refractivity contribution < 1.29 is 13.2 Å². The monoisotopic (exact) mass is 310 g/mol. The van der Waals surface area contributed by atoms with E-state index in [1.54, 1.807) is 24.3 Å². The molecule has 1 saturated heterocycles. The summed E-state index contributed by atoms with van der Waals surface area (Å²) >= 11 is 0. The lowest BCUT2D eigenvalue weighted by Gasteiger charge is -2.18. The third kappa shape index (κ3) is 4.04. The Kier molecular flexibility index (Phi) is 4.68. The van der Waals surface area contributed by atoms with Crippen LogP contribution >= 0.6 is 0 Å². The second-order valence-corrected chi connectivity index (χ2v) is 7.85. The quantitative estimate of drug-likeness (QED) is 0.887. The molecule has 0 saturated carbocycles. The molecular weight excluding hydrogens is 288 g/mol. The zero-order valence-electron chi connectivity index (χ0n) is 12.7. The van der Waals surface area contributed by atoms with Gasteiger partial charge in [0.05, 0.1) is 10.9 Å². The molecule has 0 aromatic heterocycles. The Balaban J connectivity index is 2.01. The minimum absolute atomic E-state index is 0.0970. The van der Waals surface area contributed by atoms with Crippen LogP contribution in [-0.2, 0) is 21.2 Å². The van der Waals surface area contributed by atoms with Crippen molar-refractivity contribution in [3.8, 4) is 0 Å². The van der Waals surface area contributed by atoms with Gasteiger partial charge < -0.3 is 10.2 Å². The van der Waals surface area contributed by atoms with E-state index in [4.69, 9.17) is 0 Å². The van der Waals surface area contributed by atoms with Crippen LogP contribution in [0.5, 0.6) is 0 Å². The first-order chi connectivity index (χ1) is 9.77. The summed E-state index contributed by atoms with van der Waals surface area (Å²) in [4.78, 5) is 14.4. The molecule has 21 heavy (non-hydrogen) atoms. The SMILES string of the molecule is CC(C)NC1CCN(Cc2ccc(S(C)(=O)=O)cc2)C1=O. The van der Waals surface area contributed by atoms with E-state index in [-0.39, 0.29) is 18.0 Å². The Bertz CT molecular complexity index is 608. The van der Waals surface area contributed by atoms with Crippen molar-refractivity contribution in [1.82, 2.24) is 10.2 Å². The molecule has 1 fully saturated rings. The maximum absolute atomic E-state index is 12.2. The number of sulfone groups is 1. The smallest absolute Gasteiger partial charge is 0.240 e. The molecule has 1 heterocycles. The molecule has 1 aromatic carbocycles. The van der Waals surface area contributed by atoms with Crippen molar-refractivity contribution in [2.24, 2.45) is 0 Å². The number of hydrogen-bond donors (Lipinski definition) is 1. The second kappa shape index (κ2) is 6.15. The average molecular weight is 310 g/mol. The van der Waals surface area contributed by atoms with Gasteiger partial charge in [-0.1, -0.05) is 26.0 Å². The van der Waals surface area contributed by atoms with Crippen molar-refractivity contribution in [1.29, 1.82) is 0 Å². The number of carbonyl (C=O) groups excluding carboxylic acids is 1. The maximum atomic E-state index is 12.2. The van der Waals surface area contributed by atoms with Gasteiger partial charge >= 0.3 is 0 Å². The molecule has 5 nitrogen and oxygen atoms in total. The Morgan fingerprint density at radius 2 is 1.90 bits per heavy atom. The lowest BCUT2D eigenvalue weighted by Crippen LogP contribution is -2.41. The normalized spacial score (nSPS) is 19.5. The number of likely N-dealkylation sites (tertiary alicyclic amines) is 1. The predicted octanol–water partition coefficient (Wildman–Crippen LogP) is 1.19. The molecule has 0 bridgehead atoms. The number of carbonyl (C=O) groups is 1. The topological polar surface area (TPSA) is 66.5 Å². The van der Waals surface area contributed by atoms with E-state index in [9.17, 15) is 13.2 Å². The van der Waals surface area contributed by atoms with Crippen LogP contribution < -0.4 is 5.32 Å². The van der Waals surface area contributed by atoms with Crippen LogP contribution in [0.1, 0.15) is 25.8 Å². The summed E-state index contributed by atoms with van der Waals surface area (Å²) < 4.78 is 22.8. The molecule has 1 aromatic rings. The van der Waals surface area contributed by atoms with E-state index < -0.39 is 9.84 Å². The highest BCUT2D eigenvalue weighted by Crippen LogP contribution is 2.17. The summed E-state index contributed by atoms with van der Waals surface area (Å²) in [6, 6.07) is 6.91. The molecule has 1 atom stereocenters. The van der Waals surface area contributed by atoms with Crippen LogP contribution in [0.25, 0.3) is 0 Å². The summed E-state index contributed by atoms with van der Waals surface area (Å²) in [7, 11) is -3.17. The van der Waals surface area contributed by atoms with E-state index in [1.807, 2.05) is 18.7 Å². The molecule has 1 aliphatic heterocycles. The average Bonchev–Trinajstić information content (AvgIpc) is 2.70. The molecule has 1 N–H and O–H groups in total. The zero-order chi connectivity index (χ0) is 15.6. The molecule has 1 aliphatic rings. The first kappa shape index (κ1) is 16.0. The first-order valence-electron chi connectivity index (χ1n) is 7.11. The summed E-state index contributed by atoms with van der Waals surface area (Å²) in [5, 5.41) is 3.27. The van der Waals surface area contributed by atoms with Gasteiger partial charge in [0.2, 0.25) is 5.91 Å². The number of nitrogens with one attached hydrogen (secondary N) is 1. The van der Waals surface area contributed by atoms with Crippen LogP contribution in [0.2, 0.25) is 0 Å². The Hall–Kier alpha value is -1.40. The first-order valence-corrected chi connectivity index (χ1v) is 9.00. The van der Waals surface area contributed by atoms with Crippen LogP contribution in [0.15, 0.2) is 29.2 Å². The molecule has 0 radical (unpaired) electrons. The second-order valence-electron chi connectivity index (χ2n) is 5.84. The Morgan fingerprint density at radius 1 is 1.29 bits per heavy atom. The lowest BCUT2D eigenvalue weighted by molar-refractivity contribution is -0.130.